The van der Waals surface area contributed by atoms with E-state index in [1.807, 2.05) is 0 Å². The molecule has 1 aliphatic carbocycles. The normalized spacial score (nSPS) is 29.9. The Labute approximate surface area is 123 Å². The Morgan fingerprint density at radius 1 is 1.40 bits per heavy atom. The van der Waals surface area contributed by atoms with E-state index in [4.69, 9.17) is 10.5 Å². The van der Waals surface area contributed by atoms with Crippen molar-refractivity contribution in [1.82, 2.24) is 4.90 Å². The number of nitrogens with zero attached hydrogens (tertiary/aromatic N) is 1. The summed E-state index contributed by atoms with van der Waals surface area (Å²) < 4.78 is 5.68. The maximum Gasteiger partial charge on any atom is 0.229 e. The Hall–Kier alpha value is -0.610. The van der Waals surface area contributed by atoms with Gasteiger partial charge in [0.2, 0.25) is 5.91 Å². The van der Waals surface area contributed by atoms with Gasteiger partial charge in [0.15, 0.2) is 0 Å². The van der Waals surface area contributed by atoms with Crippen molar-refractivity contribution >= 4 is 5.91 Å². The molecule has 0 spiro atoms. The molecule has 2 rings (SSSR count). The van der Waals surface area contributed by atoms with Crippen LogP contribution in [0.5, 0.6) is 0 Å². The van der Waals surface area contributed by atoms with Crippen LogP contribution in [0.2, 0.25) is 0 Å². The smallest absolute Gasteiger partial charge is 0.229 e. The largest absolute Gasteiger partial charge is 0.373 e. The number of ether oxygens (including phenoxy) is 1. The van der Waals surface area contributed by atoms with Crippen LogP contribution in [0.4, 0.5) is 0 Å². The molecule has 1 aliphatic heterocycles. The number of rotatable bonds is 4. The van der Waals surface area contributed by atoms with Gasteiger partial charge in [0, 0.05) is 18.5 Å². The lowest BCUT2D eigenvalue weighted by Gasteiger charge is -2.43. The van der Waals surface area contributed by atoms with E-state index in [1.165, 1.54) is 12.8 Å². The zero-order valence-electron chi connectivity index (χ0n) is 13.2. The molecule has 0 radical (unpaired) electrons. The van der Waals surface area contributed by atoms with E-state index in [-0.39, 0.29) is 17.6 Å². The van der Waals surface area contributed by atoms with E-state index in [9.17, 15) is 4.79 Å². The number of hydrogen-bond donors (Lipinski definition) is 1. The molecule has 1 amide bonds. The van der Waals surface area contributed by atoms with Crippen LogP contribution in [0.1, 0.15) is 52.9 Å². The number of morpholine rings is 1. The average molecular weight is 282 g/mol. The van der Waals surface area contributed by atoms with Gasteiger partial charge in [0.1, 0.15) is 0 Å². The molecule has 2 fully saturated rings. The SMILES string of the molecule is CC(C)CC1(C(=O)N2CC(CN)OCC2C)CCCC1. The summed E-state index contributed by atoms with van der Waals surface area (Å²) in [7, 11) is 0. The topological polar surface area (TPSA) is 55.6 Å². The molecule has 2 aliphatic rings. The van der Waals surface area contributed by atoms with Crippen molar-refractivity contribution in [1.29, 1.82) is 0 Å². The monoisotopic (exact) mass is 282 g/mol. The van der Waals surface area contributed by atoms with Crippen molar-refractivity contribution < 1.29 is 9.53 Å². The summed E-state index contributed by atoms with van der Waals surface area (Å²) in [6.07, 6.45) is 5.52. The first kappa shape index (κ1) is 15.8. The van der Waals surface area contributed by atoms with Crippen molar-refractivity contribution in [3.05, 3.63) is 0 Å². The molecule has 0 aromatic rings. The maximum absolute atomic E-state index is 13.2. The van der Waals surface area contributed by atoms with Gasteiger partial charge in [-0.15, -0.1) is 0 Å². The fourth-order valence-corrected chi connectivity index (χ4v) is 3.89. The van der Waals surface area contributed by atoms with Crippen molar-refractivity contribution in [2.75, 3.05) is 19.7 Å². The van der Waals surface area contributed by atoms with E-state index in [2.05, 4.69) is 25.7 Å². The molecule has 0 aromatic carbocycles. The number of nitrogens with two attached hydrogens (primary N) is 1. The van der Waals surface area contributed by atoms with Crippen molar-refractivity contribution in [2.24, 2.45) is 17.1 Å². The van der Waals surface area contributed by atoms with Gasteiger partial charge in [0.05, 0.1) is 18.8 Å². The van der Waals surface area contributed by atoms with Crippen LogP contribution in [-0.2, 0) is 9.53 Å². The first-order valence-electron chi connectivity index (χ1n) is 8.11. The van der Waals surface area contributed by atoms with Crippen LogP contribution in [0.15, 0.2) is 0 Å². The van der Waals surface area contributed by atoms with E-state index in [0.717, 1.165) is 19.3 Å². The van der Waals surface area contributed by atoms with E-state index in [1.54, 1.807) is 0 Å². The quantitative estimate of drug-likeness (QED) is 0.859. The van der Waals surface area contributed by atoms with Crippen LogP contribution in [0.3, 0.4) is 0 Å². The van der Waals surface area contributed by atoms with Gasteiger partial charge in [-0.25, -0.2) is 0 Å². The molecule has 1 saturated heterocycles. The molecule has 116 valence electrons. The average Bonchev–Trinajstić information content (AvgIpc) is 2.87. The van der Waals surface area contributed by atoms with E-state index in [0.29, 0.717) is 31.5 Å². The van der Waals surface area contributed by atoms with Crippen LogP contribution < -0.4 is 5.73 Å². The molecule has 2 atom stereocenters. The summed E-state index contributed by atoms with van der Waals surface area (Å²) in [5, 5.41) is 0. The number of carbonyl (C=O) groups is 1. The Morgan fingerprint density at radius 2 is 2.05 bits per heavy atom. The molecular weight excluding hydrogens is 252 g/mol. The van der Waals surface area contributed by atoms with Gasteiger partial charge >= 0.3 is 0 Å². The van der Waals surface area contributed by atoms with Crippen molar-refractivity contribution in [3.8, 4) is 0 Å². The molecule has 20 heavy (non-hydrogen) atoms. The fraction of sp³-hybridized carbons (Fsp3) is 0.938. The third-order valence-electron chi connectivity index (χ3n) is 4.84. The molecule has 4 nitrogen and oxygen atoms in total. The lowest BCUT2D eigenvalue weighted by atomic mass is 9.77. The van der Waals surface area contributed by atoms with Gasteiger partial charge in [-0.2, -0.15) is 0 Å². The highest BCUT2D eigenvalue weighted by Gasteiger charge is 2.45. The second kappa shape index (κ2) is 6.44. The first-order chi connectivity index (χ1) is 9.48. The number of hydrogen-bond acceptors (Lipinski definition) is 3. The predicted octanol–water partition coefficient (Wildman–Crippen LogP) is 2.17. The lowest BCUT2D eigenvalue weighted by molar-refractivity contribution is -0.155. The highest BCUT2D eigenvalue weighted by molar-refractivity contribution is 5.83. The molecular formula is C16H30N2O2. The van der Waals surface area contributed by atoms with Gasteiger partial charge < -0.3 is 15.4 Å². The van der Waals surface area contributed by atoms with Crippen LogP contribution in [0.25, 0.3) is 0 Å². The Kier molecular flexibility index (Phi) is 5.08. The van der Waals surface area contributed by atoms with E-state index >= 15 is 0 Å². The molecule has 2 N–H and O–H groups in total. The Morgan fingerprint density at radius 3 is 2.60 bits per heavy atom. The van der Waals surface area contributed by atoms with Crippen LogP contribution in [0, 0.1) is 11.3 Å². The van der Waals surface area contributed by atoms with Crippen molar-refractivity contribution in [3.63, 3.8) is 0 Å². The van der Waals surface area contributed by atoms with Crippen LogP contribution >= 0.6 is 0 Å². The fourth-order valence-electron chi connectivity index (χ4n) is 3.89. The summed E-state index contributed by atoms with van der Waals surface area (Å²) in [4.78, 5) is 15.2. The zero-order chi connectivity index (χ0) is 14.8. The van der Waals surface area contributed by atoms with Gasteiger partial charge in [0.25, 0.3) is 0 Å². The second-order valence-electron chi connectivity index (χ2n) is 7.08. The first-order valence-corrected chi connectivity index (χ1v) is 8.11. The summed E-state index contributed by atoms with van der Waals surface area (Å²) >= 11 is 0. The van der Waals surface area contributed by atoms with Crippen molar-refractivity contribution in [2.45, 2.75) is 65.0 Å². The minimum Gasteiger partial charge on any atom is -0.373 e. The summed E-state index contributed by atoms with van der Waals surface area (Å²) in [6, 6.07) is 0.176. The molecule has 4 heteroatoms. The summed E-state index contributed by atoms with van der Waals surface area (Å²) in [6.45, 7) is 8.30. The molecule has 2 unspecified atom stereocenters. The zero-order valence-corrected chi connectivity index (χ0v) is 13.2. The minimum atomic E-state index is -0.112. The van der Waals surface area contributed by atoms with Crippen LogP contribution in [-0.4, -0.2) is 42.6 Å². The van der Waals surface area contributed by atoms with Gasteiger partial charge in [-0.3, -0.25) is 4.79 Å². The third-order valence-corrected chi connectivity index (χ3v) is 4.84. The lowest BCUT2D eigenvalue weighted by Crippen LogP contribution is -2.56. The number of carbonyl (C=O) groups excluding carboxylic acids is 1. The summed E-state index contributed by atoms with van der Waals surface area (Å²) in [5.41, 5.74) is 5.60. The summed E-state index contributed by atoms with van der Waals surface area (Å²) in [5.74, 6) is 0.927. The standard InChI is InChI=1S/C16H30N2O2/c1-12(2)8-16(6-4-5-7-16)15(19)18-10-14(9-17)20-11-13(18)3/h12-14H,4-11,17H2,1-3H3. The number of amides is 1. The Balaban J connectivity index is 2.13. The second-order valence-corrected chi connectivity index (χ2v) is 7.08. The molecule has 1 saturated carbocycles. The molecule has 0 bridgehead atoms. The van der Waals surface area contributed by atoms with Gasteiger partial charge in [-0.1, -0.05) is 26.7 Å². The minimum absolute atomic E-state index is 0.00709. The maximum atomic E-state index is 13.2. The van der Waals surface area contributed by atoms with Gasteiger partial charge in [-0.05, 0) is 32.1 Å². The Bertz CT molecular complexity index is 337. The highest BCUT2D eigenvalue weighted by atomic mass is 16.5. The third kappa shape index (κ3) is 3.17. The molecule has 1 heterocycles. The highest BCUT2D eigenvalue weighted by Crippen LogP contribution is 2.45. The molecule has 0 aromatic heterocycles. The van der Waals surface area contributed by atoms with E-state index < -0.39 is 0 Å². The predicted molar refractivity (Wildman–Crippen MR) is 80.3 cm³/mol.